The van der Waals surface area contributed by atoms with Crippen LogP contribution in [-0.4, -0.2) is 49.9 Å². The molecule has 6 heteroatoms. The predicted molar refractivity (Wildman–Crippen MR) is 122 cm³/mol. The highest BCUT2D eigenvalue weighted by atomic mass is 32.2. The Bertz CT molecular complexity index is 794. The molecule has 0 saturated carbocycles. The van der Waals surface area contributed by atoms with Crippen LogP contribution in [0.3, 0.4) is 0 Å². The Morgan fingerprint density at radius 1 is 1.10 bits per heavy atom. The van der Waals surface area contributed by atoms with Crippen molar-refractivity contribution in [3.8, 4) is 11.5 Å². The molecule has 0 radical (unpaired) electrons. The van der Waals surface area contributed by atoms with Crippen LogP contribution < -0.4 is 14.8 Å². The summed E-state index contributed by atoms with van der Waals surface area (Å²) in [5, 5.41) is 2.95. The quantitative estimate of drug-likeness (QED) is 0.426. The number of ether oxygens (including phenoxy) is 2. The van der Waals surface area contributed by atoms with E-state index in [0.717, 1.165) is 29.4 Å². The number of amides is 1. The van der Waals surface area contributed by atoms with Gasteiger partial charge in [-0.15, -0.1) is 11.8 Å². The maximum Gasteiger partial charge on any atom is 0.230 e. The van der Waals surface area contributed by atoms with Crippen molar-refractivity contribution >= 4 is 17.7 Å². The molecule has 1 amide bonds. The predicted octanol–water partition coefficient (Wildman–Crippen LogP) is 4.36. The van der Waals surface area contributed by atoms with Gasteiger partial charge in [-0.25, -0.2) is 0 Å². The van der Waals surface area contributed by atoms with Crippen molar-refractivity contribution in [1.82, 2.24) is 10.2 Å². The highest BCUT2D eigenvalue weighted by Gasteiger charge is 2.11. The molecule has 2 aromatic carbocycles. The van der Waals surface area contributed by atoms with Gasteiger partial charge >= 0.3 is 0 Å². The van der Waals surface area contributed by atoms with Crippen molar-refractivity contribution in [3.05, 3.63) is 54.1 Å². The number of likely N-dealkylation sites (tertiary alicyclic amines) is 1. The van der Waals surface area contributed by atoms with Gasteiger partial charge in [-0.2, -0.15) is 0 Å². The van der Waals surface area contributed by atoms with Crippen molar-refractivity contribution < 1.29 is 14.3 Å². The van der Waals surface area contributed by atoms with E-state index < -0.39 is 0 Å². The summed E-state index contributed by atoms with van der Waals surface area (Å²) in [6.07, 6.45) is 4.75. The van der Waals surface area contributed by atoms with Crippen LogP contribution in [0.4, 0.5) is 0 Å². The lowest BCUT2D eigenvalue weighted by atomic mass is 10.1. The first kappa shape index (κ1) is 22.5. The fourth-order valence-corrected chi connectivity index (χ4v) is 4.39. The van der Waals surface area contributed by atoms with Crippen LogP contribution in [0.1, 0.15) is 31.2 Å². The third kappa shape index (κ3) is 7.58. The van der Waals surface area contributed by atoms with Gasteiger partial charge in [0.05, 0.1) is 19.5 Å². The summed E-state index contributed by atoms with van der Waals surface area (Å²) in [6, 6.07) is 16.1. The van der Waals surface area contributed by atoms with Gasteiger partial charge in [0.2, 0.25) is 5.91 Å². The highest BCUT2D eigenvalue weighted by Crippen LogP contribution is 2.28. The first-order chi connectivity index (χ1) is 14.7. The van der Waals surface area contributed by atoms with E-state index in [2.05, 4.69) is 28.4 Å². The molecule has 162 valence electrons. The van der Waals surface area contributed by atoms with Crippen molar-refractivity contribution in [2.45, 2.75) is 37.1 Å². The van der Waals surface area contributed by atoms with Crippen LogP contribution >= 0.6 is 11.8 Å². The monoisotopic (exact) mass is 428 g/mol. The Morgan fingerprint density at radius 3 is 2.77 bits per heavy atom. The first-order valence-corrected chi connectivity index (χ1v) is 11.7. The number of carbonyl (C=O) groups excluding carboxylic acids is 1. The van der Waals surface area contributed by atoms with E-state index in [1.807, 2.05) is 30.3 Å². The number of nitrogens with zero attached hydrogens (tertiary/aromatic N) is 1. The van der Waals surface area contributed by atoms with E-state index in [-0.39, 0.29) is 5.91 Å². The molecule has 3 rings (SSSR count). The second-order valence-corrected chi connectivity index (χ2v) is 8.49. The van der Waals surface area contributed by atoms with Gasteiger partial charge in [0, 0.05) is 18.0 Å². The number of rotatable bonds is 11. The van der Waals surface area contributed by atoms with Gasteiger partial charge in [-0.1, -0.05) is 30.7 Å². The van der Waals surface area contributed by atoms with Crippen LogP contribution in [0.5, 0.6) is 11.5 Å². The van der Waals surface area contributed by atoms with Gasteiger partial charge < -0.3 is 14.8 Å². The number of thioether (sulfide) groups is 1. The number of hydrogen-bond donors (Lipinski definition) is 1. The minimum Gasteiger partial charge on any atom is -0.496 e. The number of hydrogen-bond acceptors (Lipinski definition) is 5. The van der Waals surface area contributed by atoms with E-state index in [1.165, 1.54) is 49.7 Å². The largest absolute Gasteiger partial charge is 0.496 e. The number of carbonyl (C=O) groups is 1. The second kappa shape index (κ2) is 12.5. The molecule has 1 fully saturated rings. The molecule has 1 aliphatic rings. The molecular weight excluding hydrogens is 396 g/mol. The molecule has 1 saturated heterocycles. The third-order valence-electron chi connectivity index (χ3n) is 5.09. The molecular formula is C24H32N2O3S. The van der Waals surface area contributed by atoms with Crippen LogP contribution in [0.15, 0.2) is 53.4 Å². The van der Waals surface area contributed by atoms with Gasteiger partial charge in [0.25, 0.3) is 0 Å². The van der Waals surface area contributed by atoms with E-state index in [4.69, 9.17) is 9.47 Å². The zero-order chi connectivity index (χ0) is 21.0. The van der Waals surface area contributed by atoms with Crippen LogP contribution in [0, 0.1) is 0 Å². The van der Waals surface area contributed by atoms with E-state index in [1.54, 1.807) is 7.11 Å². The van der Waals surface area contributed by atoms with Gasteiger partial charge in [-0.05, 0) is 62.2 Å². The lowest BCUT2D eigenvalue weighted by molar-refractivity contribution is -0.118. The maximum absolute atomic E-state index is 12.1. The Kier molecular flexibility index (Phi) is 9.38. The zero-order valence-corrected chi connectivity index (χ0v) is 18.6. The maximum atomic E-state index is 12.1. The number of para-hydroxylation sites is 1. The number of benzene rings is 2. The van der Waals surface area contributed by atoms with E-state index in [0.29, 0.717) is 18.9 Å². The van der Waals surface area contributed by atoms with E-state index in [9.17, 15) is 4.79 Å². The molecule has 0 unspecified atom stereocenters. The molecule has 30 heavy (non-hydrogen) atoms. The summed E-state index contributed by atoms with van der Waals surface area (Å²) in [5.41, 5.74) is 1.30. The highest BCUT2D eigenvalue weighted by molar-refractivity contribution is 8.00. The Morgan fingerprint density at radius 2 is 1.93 bits per heavy atom. The molecule has 2 aromatic rings. The summed E-state index contributed by atoms with van der Waals surface area (Å²) >= 11 is 1.48. The molecule has 1 aliphatic heterocycles. The summed E-state index contributed by atoms with van der Waals surface area (Å²) in [6.45, 7) is 4.59. The van der Waals surface area contributed by atoms with Crippen molar-refractivity contribution in [2.24, 2.45) is 0 Å². The minimum absolute atomic E-state index is 0.0226. The van der Waals surface area contributed by atoms with Crippen molar-refractivity contribution in [2.75, 3.05) is 39.1 Å². The summed E-state index contributed by atoms with van der Waals surface area (Å²) < 4.78 is 11.2. The Balaban J connectivity index is 1.31. The zero-order valence-electron chi connectivity index (χ0n) is 17.8. The molecule has 1 N–H and O–H groups in total. The fraction of sp³-hybridized carbons (Fsp3) is 0.458. The SMILES string of the molecule is COc1ccccc1SCC(=O)NCCCOc1cccc(CN2CCCCC2)c1. The average Bonchev–Trinajstić information content (AvgIpc) is 2.78. The molecule has 0 spiro atoms. The number of piperidine rings is 1. The van der Waals surface area contributed by atoms with Gasteiger partial charge in [0.1, 0.15) is 11.5 Å². The van der Waals surface area contributed by atoms with Crippen LogP contribution in [0.2, 0.25) is 0 Å². The molecule has 5 nitrogen and oxygen atoms in total. The molecule has 0 bridgehead atoms. The second-order valence-electron chi connectivity index (χ2n) is 7.48. The smallest absolute Gasteiger partial charge is 0.230 e. The normalized spacial score (nSPS) is 14.3. The van der Waals surface area contributed by atoms with E-state index >= 15 is 0 Å². The van der Waals surface area contributed by atoms with Crippen molar-refractivity contribution in [3.63, 3.8) is 0 Å². The van der Waals surface area contributed by atoms with Gasteiger partial charge in [-0.3, -0.25) is 9.69 Å². The Hall–Kier alpha value is -2.18. The standard InChI is InChI=1S/C24H32N2O3S/c1-28-22-11-3-4-12-23(22)30-19-24(27)25-13-8-16-29-21-10-7-9-20(17-21)18-26-14-5-2-6-15-26/h3-4,7,9-12,17H,2,5-6,8,13-16,18-19H2,1H3,(H,25,27). The van der Waals surface area contributed by atoms with Crippen molar-refractivity contribution in [1.29, 1.82) is 0 Å². The fourth-order valence-electron chi connectivity index (χ4n) is 3.53. The lowest BCUT2D eigenvalue weighted by Crippen LogP contribution is -2.29. The molecule has 0 atom stereocenters. The summed E-state index contributed by atoms with van der Waals surface area (Å²) in [5.74, 6) is 2.10. The topological polar surface area (TPSA) is 50.8 Å². The Labute approximate surface area is 184 Å². The van der Waals surface area contributed by atoms with Crippen LogP contribution in [-0.2, 0) is 11.3 Å². The first-order valence-electron chi connectivity index (χ1n) is 10.7. The lowest BCUT2D eigenvalue weighted by Gasteiger charge is -2.26. The molecule has 1 heterocycles. The van der Waals surface area contributed by atoms with Crippen LogP contribution in [0.25, 0.3) is 0 Å². The summed E-state index contributed by atoms with van der Waals surface area (Å²) in [4.78, 5) is 15.6. The number of nitrogens with one attached hydrogen (secondary N) is 1. The molecule has 0 aliphatic carbocycles. The molecule has 0 aromatic heterocycles. The third-order valence-corrected chi connectivity index (χ3v) is 6.15. The summed E-state index contributed by atoms with van der Waals surface area (Å²) in [7, 11) is 1.64. The number of methoxy groups -OCH3 is 1. The average molecular weight is 429 g/mol. The minimum atomic E-state index is 0.0226. The van der Waals surface area contributed by atoms with Gasteiger partial charge in [0.15, 0.2) is 0 Å².